The lowest BCUT2D eigenvalue weighted by atomic mass is 10.0. The van der Waals surface area contributed by atoms with Crippen molar-refractivity contribution in [2.45, 2.75) is 37.5 Å². The zero-order valence-electron chi connectivity index (χ0n) is 17.7. The van der Waals surface area contributed by atoms with Gasteiger partial charge < -0.3 is 9.47 Å². The summed E-state index contributed by atoms with van der Waals surface area (Å²) in [5, 5.41) is -0.431. The Hall–Kier alpha value is -1.89. The Kier molecular flexibility index (Phi) is 6.46. The number of ether oxygens (including phenoxy) is 2. The molecular formula is C24H32NO4S+. The van der Waals surface area contributed by atoms with Gasteiger partial charge in [-0.3, -0.25) is 0 Å². The average molecular weight is 431 g/mol. The van der Waals surface area contributed by atoms with E-state index in [1.54, 1.807) is 0 Å². The van der Waals surface area contributed by atoms with Gasteiger partial charge >= 0.3 is 10.0 Å². The standard InChI is InChI=1S/C24H32NO4S/c1-25(15-5-8-24(30(25,26)27)22-6-3-2-4-7-22)18-20-9-11-23(12-10-20)29-19-21-13-16-28-17-14-21/h2-4,6-7,9-12,21,24H,5,8,13-19H2,1H3/q+1. The molecule has 2 aliphatic rings. The largest absolute Gasteiger partial charge is 0.493 e. The van der Waals surface area contributed by atoms with Crippen molar-refractivity contribution in [3.63, 3.8) is 0 Å². The number of sulfonamides is 1. The van der Waals surface area contributed by atoms with E-state index in [4.69, 9.17) is 9.47 Å². The quantitative estimate of drug-likeness (QED) is 0.641. The van der Waals surface area contributed by atoms with E-state index in [-0.39, 0.29) is 3.89 Å². The van der Waals surface area contributed by atoms with E-state index in [0.717, 1.165) is 49.4 Å². The number of hydrogen-bond donors (Lipinski definition) is 0. The molecule has 4 rings (SSSR count). The van der Waals surface area contributed by atoms with Crippen LogP contribution in [0.15, 0.2) is 54.6 Å². The first kappa shape index (κ1) is 21.3. The molecule has 162 valence electrons. The Morgan fingerprint density at radius 3 is 2.40 bits per heavy atom. The van der Waals surface area contributed by atoms with Gasteiger partial charge in [0.2, 0.25) is 0 Å². The molecule has 30 heavy (non-hydrogen) atoms. The van der Waals surface area contributed by atoms with Crippen molar-refractivity contribution in [3.8, 4) is 5.75 Å². The van der Waals surface area contributed by atoms with Gasteiger partial charge in [-0.05, 0) is 61.4 Å². The lowest BCUT2D eigenvalue weighted by Gasteiger charge is -2.40. The van der Waals surface area contributed by atoms with Crippen LogP contribution in [0.4, 0.5) is 0 Å². The number of hydrogen-bond acceptors (Lipinski definition) is 4. The van der Waals surface area contributed by atoms with E-state index >= 15 is 0 Å². The summed E-state index contributed by atoms with van der Waals surface area (Å²) in [4.78, 5) is 0. The van der Waals surface area contributed by atoms with Crippen LogP contribution in [0.1, 0.15) is 42.1 Å². The monoisotopic (exact) mass is 430 g/mol. The molecule has 0 bridgehead atoms. The summed E-state index contributed by atoms with van der Waals surface area (Å²) in [5.41, 5.74) is 1.92. The fourth-order valence-electron chi connectivity index (χ4n) is 4.57. The lowest BCUT2D eigenvalue weighted by molar-refractivity contribution is -0.802. The van der Waals surface area contributed by atoms with Gasteiger partial charge in [0.15, 0.2) is 0 Å². The van der Waals surface area contributed by atoms with Gasteiger partial charge in [0.25, 0.3) is 0 Å². The Bertz CT molecular complexity index is 923. The molecule has 0 radical (unpaired) electrons. The highest BCUT2D eigenvalue weighted by Gasteiger charge is 2.47. The fourth-order valence-corrected chi connectivity index (χ4v) is 6.87. The van der Waals surface area contributed by atoms with Crippen LogP contribution in [0.2, 0.25) is 0 Å². The molecule has 2 aromatic carbocycles. The van der Waals surface area contributed by atoms with Crippen molar-refractivity contribution in [1.82, 2.24) is 0 Å². The molecule has 2 saturated heterocycles. The number of nitrogens with zero attached hydrogens (tertiary/aromatic N) is 1. The maximum atomic E-state index is 13.5. The number of quaternary nitrogens is 1. The average Bonchev–Trinajstić information content (AvgIpc) is 2.77. The number of benzene rings is 2. The van der Waals surface area contributed by atoms with Crippen molar-refractivity contribution < 1.29 is 21.8 Å². The summed E-state index contributed by atoms with van der Waals surface area (Å²) in [6.07, 6.45) is 3.70. The van der Waals surface area contributed by atoms with E-state index in [0.29, 0.717) is 32.0 Å². The van der Waals surface area contributed by atoms with Crippen LogP contribution in [0, 0.1) is 5.92 Å². The van der Waals surface area contributed by atoms with Crippen molar-refractivity contribution in [2.24, 2.45) is 5.92 Å². The zero-order chi connectivity index (χ0) is 21.0. The number of rotatable bonds is 6. The Morgan fingerprint density at radius 2 is 1.70 bits per heavy atom. The molecule has 0 spiro atoms. The molecule has 2 heterocycles. The molecular weight excluding hydrogens is 398 g/mol. The third kappa shape index (κ3) is 4.56. The van der Waals surface area contributed by atoms with Gasteiger partial charge in [0.05, 0.1) is 20.2 Å². The molecule has 2 unspecified atom stereocenters. The molecule has 2 aliphatic heterocycles. The van der Waals surface area contributed by atoms with Crippen molar-refractivity contribution in [1.29, 1.82) is 0 Å². The molecule has 6 heteroatoms. The third-order valence-corrected chi connectivity index (χ3v) is 9.28. The van der Waals surface area contributed by atoms with Crippen molar-refractivity contribution >= 4 is 10.0 Å². The first-order chi connectivity index (χ1) is 14.5. The SMILES string of the molecule is C[N+]1(Cc2ccc(OCC3CCOCC3)cc2)CCCC(c2ccccc2)S1(=O)=O. The zero-order valence-corrected chi connectivity index (χ0v) is 18.5. The maximum absolute atomic E-state index is 13.5. The second-order valence-corrected chi connectivity index (χ2v) is 11.2. The summed E-state index contributed by atoms with van der Waals surface area (Å²) in [6.45, 7) is 3.48. The normalized spacial score (nSPS) is 26.9. The first-order valence-electron chi connectivity index (χ1n) is 10.9. The second kappa shape index (κ2) is 9.08. The van der Waals surface area contributed by atoms with Crippen LogP contribution in [0.25, 0.3) is 0 Å². The van der Waals surface area contributed by atoms with Gasteiger partial charge in [-0.1, -0.05) is 30.3 Å². The summed E-state index contributed by atoms with van der Waals surface area (Å²) < 4.78 is 38.4. The van der Waals surface area contributed by atoms with Crippen molar-refractivity contribution in [2.75, 3.05) is 33.4 Å². The van der Waals surface area contributed by atoms with Gasteiger partial charge in [-0.2, -0.15) is 8.42 Å². The molecule has 0 saturated carbocycles. The summed E-state index contributed by atoms with van der Waals surface area (Å²) in [5.74, 6) is 1.40. The molecule has 2 atom stereocenters. The fraction of sp³-hybridized carbons (Fsp3) is 0.500. The summed E-state index contributed by atoms with van der Waals surface area (Å²) in [6, 6.07) is 17.6. The van der Waals surface area contributed by atoms with Crippen LogP contribution in [-0.4, -0.2) is 45.7 Å². The molecule has 2 aromatic rings. The molecule has 0 N–H and O–H groups in total. The Labute approximate surface area is 180 Å². The Balaban J connectivity index is 1.43. The van der Waals surface area contributed by atoms with Crippen LogP contribution >= 0.6 is 0 Å². The van der Waals surface area contributed by atoms with Gasteiger partial charge in [0, 0.05) is 18.8 Å². The molecule has 0 amide bonds. The van der Waals surface area contributed by atoms with Crippen molar-refractivity contribution in [3.05, 3.63) is 65.7 Å². The maximum Gasteiger partial charge on any atom is 0.304 e. The van der Waals surface area contributed by atoms with Gasteiger partial charge in [-0.15, -0.1) is 0 Å². The first-order valence-corrected chi connectivity index (χ1v) is 12.4. The molecule has 0 aliphatic carbocycles. The third-order valence-electron chi connectivity index (χ3n) is 6.51. The minimum Gasteiger partial charge on any atom is -0.493 e. The van der Waals surface area contributed by atoms with E-state index < -0.39 is 15.3 Å². The minimum absolute atomic E-state index is 0.0504. The van der Waals surface area contributed by atoms with Crippen LogP contribution in [0.3, 0.4) is 0 Å². The Morgan fingerprint density at radius 1 is 1.00 bits per heavy atom. The highest BCUT2D eigenvalue weighted by molar-refractivity contribution is 7.86. The van der Waals surface area contributed by atoms with Gasteiger partial charge in [-0.25, -0.2) is 3.89 Å². The van der Waals surface area contributed by atoms with E-state index in [9.17, 15) is 8.42 Å². The molecule has 2 fully saturated rings. The van der Waals surface area contributed by atoms with E-state index in [2.05, 4.69) is 0 Å². The lowest BCUT2D eigenvalue weighted by Crippen LogP contribution is -2.53. The predicted octanol–water partition coefficient (Wildman–Crippen LogP) is 4.30. The predicted molar refractivity (Wildman–Crippen MR) is 118 cm³/mol. The van der Waals surface area contributed by atoms with E-state index in [1.807, 2.05) is 61.6 Å². The van der Waals surface area contributed by atoms with Gasteiger partial charge in [0.1, 0.15) is 17.5 Å². The highest BCUT2D eigenvalue weighted by atomic mass is 32.2. The topological polar surface area (TPSA) is 52.6 Å². The van der Waals surface area contributed by atoms with E-state index in [1.165, 1.54) is 0 Å². The minimum atomic E-state index is -3.36. The molecule has 5 nitrogen and oxygen atoms in total. The highest BCUT2D eigenvalue weighted by Crippen LogP contribution is 2.39. The summed E-state index contributed by atoms with van der Waals surface area (Å²) in [7, 11) is -1.49. The summed E-state index contributed by atoms with van der Waals surface area (Å²) >= 11 is 0. The van der Waals surface area contributed by atoms with Crippen LogP contribution in [-0.2, 0) is 21.3 Å². The molecule has 0 aromatic heterocycles. The van der Waals surface area contributed by atoms with Crippen LogP contribution < -0.4 is 4.74 Å². The smallest absolute Gasteiger partial charge is 0.304 e. The van der Waals surface area contributed by atoms with Crippen LogP contribution in [0.5, 0.6) is 5.75 Å². The second-order valence-electron chi connectivity index (χ2n) is 8.75.